The Labute approximate surface area is 139 Å². The van der Waals surface area contributed by atoms with E-state index in [4.69, 9.17) is 9.84 Å². The molecule has 1 N–H and O–H groups in total. The molecule has 0 saturated heterocycles. The molecule has 3 heterocycles. The minimum absolute atomic E-state index is 0.109. The van der Waals surface area contributed by atoms with Crippen LogP contribution >= 0.6 is 22.7 Å². The number of thiophene rings is 2. The Morgan fingerprint density at radius 2 is 1.91 bits per heavy atom. The fraction of sp³-hybridized carbons (Fsp3) is 0.267. The molecule has 2 aromatic heterocycles. The van der Waals surface area contributed by atoms with Gasteiger partial charge >= 0.3 is 11.9 Å². The van der Waals surface area contributed by atoms with Crippen molar-refractivity contribution in [1.29, 1.82) is 0 Å². The molecule has 0 aromatic carbocycles. The van der Waals surface area contributed by atoms with Gasteiger partial charge in [-0.3, -0.25) is 19.3 Å². The van der Waals surface area contributed by atoms with Gasteiger partial charge in [-0.25, -0.2) is 0 Å². The Morgan fingerprint density at radius 3 is 2.61 bits per heavy atom. The Balaban J connectivity index is 2.14. The molecule has 1 atom stereocenters. The van der Waals surface area contributed by atoms with E-state index in [-0.39, 0.29) is 24.2 Å². The number of ether oxygens (including phenoxy) is 1. The molecule has 1 amide bonds. The van der Waals surface area contributed by atoms with Crippen LogP contribution in [0.1, 0.15) is 33.8 Å². The van der Waals surface area contributed by atoms with Gasteiger partial charge in [0.05, 0.1) is 24.8 Å². The lowest BCUT2D eigenvalue weighted by Gasteiger charge is -2.19. The number of hydrogen-bond donors (Lipinski definition) is 1. The lowest BCUT2D eigenvalue weighted by atomic mass is 9.90. The Bertz CT molecular complexity index is 778. The second-order valence-corrected chi connectivity index (χ2v) is 6.56. The molecule has 0 radical (unpaired) electrons. The summed E-state index contributed by atoms with van der Waals surface area (Å²) in [5.41, 5.74) is 2.54. The predicted molar refractivity (Wildman–Crippen MR) is 86.4 cm³/mol. The molecule has 1 aliphatic heterocycles. The topological polar surface area (TPSA) is 83.9 Å². The van der Waals surface area contributed by atoms with Crippen LogP contribution < -0.4 is 4.90 Å². The number of carboxylic acids is 1. The Kier molecular flexibility index (Phi) is 4.18. The normalized spacial score (nSPS) is 16.5. The van der Waals surface area contributed by atoms with Crippen molar-refractivity contribution in [2.75, 3.05) is 18.6 Å². The fourth-order valence-corrected chi connectivity index (χ4v) is 4.49. The van der Waals surface area contributed by atoms with Gasteiger partial charge in [0.15, 0.2) is 0 Å². The van der Waals surface area contributed by atoms with Gasteiger partial charge in [0.1, 0.15) is 6.54 Å². The van der Waals surface area contributed by atoms with Gasteiger partial charge < -0.3 is 9.84 Å². The molecular formula is C15H13NO5S2. The Hall–Kier alpha value is -2.19. The van der Waals surface area contributed by atoms with E-state index in [1.807, 2.05) is 10.8 Å². The van der Waals surface area contributed by atoms with E-state index in [1.54, 1.807) is 10.8 Å². The average Bonchev–Trinajstić information content (AvgIpc) is 3.16. The van der Waals surface area contributed by atoms with Gasteiger partial charge in [-0.1, -0.05) is 0 Å². The molecule has 0 spiro atoms. The number of aliphatic carboxylic acids is 1. The van der Waals surface area contributed by atoms with Crippen molar-refractivity contribution in [2.45, 2.75) is 12.3 Å². The molecule has 0 fully saturated rings. The van der Waals surface area contributed by atoms with Crippen LogP contribution in [0.2, 0.25) is 0 Å². The van der Waals surface area contributed by atoms with E-state index < -0.39 is 12.5 Å². The van der Waals surface area contributed by atoms with Crippen molar-refractivity contribution in [2.24, 2.45) is 0 Å². The number of carboxylic acid groups (broad SMARTS) is 1. The van der Waals surface area contributed by atoms with Crippen molar-refractivity contribution < 1.29 is 24.2 Å². The molecule has 0 aliphatic carbocycles. The third-order valence-corrected chi connectivity index (χ3v) is 5.28. The van der Waals surface area contributed by atoms with Crippen molar-refractivity contribution in [3.8, 4) is 0 Å². The number of amides is 1. The van der Waals surface area contributed by atoms with E-state index >= 15 is 0 Å². The highest BCUT2D eigenvalue weighted by molar-refractivity contribution is 7.09. The number of esters is 1. The predicted octanol–water partition coefficient (Wildman–Crippen LogP) is 2.55. The van der Waals surface area contributed by atoms with Crippen molar-refractivity contribution in [3.63, 3.8) is 0 Å². The number of methoxy groups -OCH3 is 1. The van der Waals surface area contributed by atoms with Crippen LogP contribution in [0.5, 0.6) is 0 Å². The number of rotatable bonds is 4. The van der Waals surface area contributed by atoms with Crippen LogP contribution in [-0.4, -0.2) is 36.6 Å². The summed E-state index contributed by atoms with van der Waals surface area (Å²) in [6.45, 7) is -0.414. The number of carbonyl (C=O) groups excluding carboxylic acids is 2. The van der Waals surface area contributed by atoms with Crippen molar-refractivity contribution >= 4 is 46.2 Å². The van der Waals surface area contributed by atoms with E-state index in [0.717, 1.165) is 11.1 Å². The first-order valence-corrected chi connectivity index (χ1v) is 8.64. The largest absolute Gasteiger partial charge is 0.480 e. The number of nitrogens with zero attached hydrogens (tertiary/aromatic N) is 1. The number of anilines is 1. The summed E-state index contributed by atoms with van der Waals surface area (Å²) in [6.07, 6.45) is 0.109. The molecule has 1 aliphatic rings. The first-order chi connectivity index (χ1) is 11.0. The molecule has 0 saturated carbocycles. The first kappa shape index (κ1) is 15.7. The van der Waals surface area contributed by atoms with Gasteiger partial charge in [-0.05, 0) is 21.9 Å². The highest BCUT2D eigenvalue weighted by Crippen LogP contribution is 2.43. The standard InChI is InChI=1S/C15H13NO5S2/c1-21-14(19)2-8-9-4-22-6-11(9)15(20)16(3-13(17)18)12-7-23-5-10(8)12/h4-8H,2-3H2,1H3,(H,17,18). The summed E-state index contributed by atoms with van der Waals surface area (Å²) >= 11 is 2.74. The molecule has 120 valence electrons. The molecule has 2 aromatic rings. The van der Waals surface area contributed by atoms with Gasteiger partial charge in [0, 0.05) is 16.7 Å². The third kappa shape index (κ3) is 2.75. The van der Waals surface area contributed by atoms with Crippen molar-refractivity contribution in [1.82, 2.24) is 0 Å². The van der Waals surface area contributed by atoms with Gasteiger partial charge in [-0.2, -0.15) is 11.3 Å². The maximum atomic E-state index is 12.8. The van der Waals surface area contributed by atoms with Crippen molar-refractivity contribution in [3.05, 3.63) is 38.2 Å². The van der Waals surface area contributed by atoms with Crippen LogP contribution in [0.25, 0.3) is 0 Å². The van der Waals surface area contributed by atoms with E-state index in [9.17, 15) is 14.4 Å². The zero-order chi connectivity index (χ0) is 16.6. The highest BCUT2D eigenvalue weighted by Gasteiger charge is 2.35. The molecular weight excluding hydrogens is 338 g/mol. The van der Waals surface area contributed by atoms with E-state index in [1.165, 1.54) is 34.7 Å². The lowest BCUT2D eigenvalue weighted by molar-refractivity contribution is -0.141. The quantitative estimate of drug-likeness (QED) is 0.856. The summed E-state index contributed by atoms with van der Waals surface area (Å²) in [5.74, 6) is -2.12. The minimum atomic E-state index is -1.08. The number of carbonyl (C=O) groups is 3. The van der Waals surface area contributed by atoms with Crippen LogP contribution in [0.15, 0.2) is 21.5 Å². The maximum Gasteiger partial charge on any atom is 0.323 e. The van der Waals surface area contributed by atoms with Crippen LogP contribution in [-0.2, 0) is 14.3 Å². The summed E-state index contributed by atoms with van der Waals surface area (Å²) < 4.78 is 4.77. The van der Waals surface area contributed by atoms with Gasteiger partial charge in [0.2, 0.25) is 0 Å². The second kappa shape index (κ2) is 6.13. The summed E-state index contributed by atoms with van der Waals surface area (Å²) in [4.78, 5) is 37.0. The Morgan fingerprint density at radius 1 is 1.22 bits per heavy atom. The van der Waals surface area contributed by atoms with E-state index in [0.29, 0.717) is 11.3 Å². The lowest BCUT2D eigenvalue weighted by Crippen LogP contribution is -2.35. The van der Waals surface area contributed by atoms with Gasteiger partial charge in [-0.15, -0.1) is 11.3 Å². The molecule has 8 heteroatoms. The summed E-state index contributed by atoms with van der Waals surface area (Å²) in [5, 5.41) is 16.3. The number of hydrogen-bond acceptors (Lipinski definition) is 6. The summed E-state index contributed by atoms with van der Waals surface area (Å²) in [7, 11) is 1.32. The first-order valence-electron chi connectivity index (χ1n) is 6.75. The van der Waals surface area contributed by atoms with Crippen LogP contribution in [0, 0.1) is 0 Å². The third-order valence-electron chi connectivity index (χ3n) is 3.77. The molecule has 6 nitrogen and oxygen atoms in total. The smallest absolute Gasteiger partial charge is 0.323 e. The van der Waals surface area contributed by atoms with Crippen LogP contribution in [0.3, 0.4) is 0 Å². The summed E-state index contributed by atoms with van der Waals surface area (Å²) in [6, 6.07) is 0. The molecule has 1 unspecified atom stereocenters. The number of fused-ring (bicyclic) bond motifs is 2. The minimum Gasteiger partial charge on any atom is -0.480 e. The molecule has 3 rings (SSSR count). The highest BCUT2D eigenvalue weighted by atomic mass is 32.1. The maximum absolute atomic E-state index is 12.8. The molecule has 0 bridgehead atoms. The average molecular weight is 351 g/mol. The zero-order valence-electron chi connectivity index (χ0n) is 12.1. The van der Waals surface area contributed by atoms with E-state index in [2.05, 4.69) is 0 Å². The monoisotopic (exact) mass is 351 g/mol. The van der Waals surface area contributed by atoms with Crippen LogP contribution in [0.4, 0.5) is 5.69 Å². The SMILES string of the molecule is COC(=O)CC1c2cscc2C(=O)N(CC(=O)O)c2cscc21. The zero-order valence-corrected chi connectivity index (χ0v) is 13.8. The van der Waals surface area contributed by atoms with Gasteiger partial charge in [0.25, 0.3) is 5.91 Å². The second-order valence-electron chi connectivity index (χ2n) is 5.07. The molecule has 23 heavy (non-hydrogen) atoms. The fourth-order valence-electron chi connectivity index (χ4n) is 2.72.